The number of ether oxygens (including phenoxy) is 2. The molecule has 0 amide bonds. The molecule has 1 aliphatic heterocycles. The Bertz CT molecular complexity index is 1290. The number of hydrogen-bond donors (Lipinski definition) is 1. The SMILES string of the molecule is COc1cc(C=C2CCn3c2nc2sc(C(=O)O)c(C)c2c3=O)ccc1OCCC(C)C. The molecule has 0 unspecified atom stereocenters. The van der Waals surface area contributed by atoms with E-state index in [2.05, 4.69) is 18.8 Å². The van der Waals surface area contributed by atoms with E-state index in [1.165, 1.54) is 0 Å². The van der Waals surface area contributed by atoms with Crippen LogP contribution in [0.2, 0.25) is 0 Å². The molecule has 1 aliphatic rings. The standard InChI is InChI=1S/C24H26N2O5S/c1-13(2)8-10-31-17-6-5-15(12-18(17)30-4)11-16-7-9-26-21(16)25-22-19(23(26)27)14(3)20(32-22)24(28)29/h5-6,11-13H,7-10H2,1-4H3,(H,28,29). The van der Waals surface area contributed by atoms with E-state index >= 15 is 0 Å². The molecule has 4 rings (SSSR count). The molecule has 0 fully saturated rings. The second kappa shape index (κ2) is 8.78. The first-order chi connectivity index (χ1) is 15.3. The van der Waals surface area contributed by atoms with Crippen LogP contribution >= 0.6 is 11.3 Å². The number of carboxylic acid groups (broad SMARTS) is 1. The van der Waals surface area contributed by atoms with Crippen molar-refractivity contribution in [3.63, 3.8) is 0 Å². The van der Waals surface area contributed by atoms with Crippen LogP contribution < -0.4 is 15.0 Å². The van der Waals surface area contributed by atoms with Crippen molar-refractivity contribution >= 4 is 39.2 Å². The lowest BCUT2D eigenvalue weighted by atomic mass is 10.1. The van der Waals surface area contributed by atoms with Crippen molar-refractivity contribution in [1.29, 1.82) is 0 Å². The lowest BCUT2D eigenvalue weighted by Crippen LogP contribution is -2.20. The summed E-state index contributed by atoms with van der Waals surface area (Å²) in [7, 11) is 1.61. The van der Waals surface area contributed by atoms with Gasteiger partial charge in [0.15, 0.2) is 11.5 Å². The summed E-state index contributed by atoms with van der Waals surface area (Å²) in [6, 6.07) is 5.76. The van der Waals surface area contributed by atoms with Gasteiger partial charge in [-0.1, -0.05) is 19.9 Å². The van der Waals surface area contributed by atoms with Crippen LogP contribution in [0.3, 0.4) is 0 Å². The maximum atomic E-state index is 13.0. The first-order valence-electron chi connectivity index (χ1n) is 10.6. The maximum absolute atomic E-state index is 13.0. The highest BCUT2D eigenvalue weighted by molar-refractivity contribution is 7.20. The molecule has 3 heterocycles. The van der Waals surface area contributed by atoms with Gasteiger partial charge in [0.05, 0.1) is 19.1 Å². The van der Waals surface area contributed by atoms with Gasteiger partial charge in [0.1, 0.15) is 15.5 Å². The van der Waals surface area contributed by atoms with Crippen molar-refractivity contribution in [2.75, 3.05) is 13.7 Å². The Kier molecular flexibility index (Phi) is 6.06. The van der Waals surface area contributed by atoms with Gasteiger partial charge >= 0.3 is 5.97 Å². The van der Waals surface area contributed by atoms with Crippen LogP contribution in [-0.2, 0) is 6.54 Å². The Labute approximate surface area is 189 Å². The van der Waals surface area contributed by atoms with Gasteiger partial charge in [-0.2, -0.15) is 0 Å². The number of benzene rings is 1. The molecule has 0 saturated carbocycles. The highest BCUT2D eigenvalue weighted by atomic mass is 32.1. The molecule has 0 atom stereocenters. The van der Waals surface area contributed by atoms with Crippen molar-refractivity contribution < 1.29 is 19.4 Å². The number of allylic oxidation sites excluding steroid dienone is 1. The number of aryl methyl sites for hydroxylation is 1. The van der Waals surface area contributed by atoms with Gasteiger partial charge in [-0.15, -0.1) is 11.3 Å². The number of carbonyl (C=O) groups is 1. The molecular formula is C24H26N2O5S. The zero-order valence-corrected chi connectivity index (χ0v) is 19.4. The first-order valence-corrected chi connectivity index (χ1v) is 11.4. The Balaban J connectivity index is 1.69. The van der Waals surface area contributed by atoms with Gasteiger partial charge < -0.3 is 14.6 Å². The lowest BCUT2D eigenvalue weighted by Gasteiger charge is -2.12. The molecule has 1 N–H and O–H groups in total. The number of fused-ring (bicyclic) bond motifs is 2. The van der Waals surface area contributed by atoms with Crippen LogP contribution in [0, 0.1) is 12.8 Å². The van der Waals surface area contributed by atoms with E-state index in [0.717, 1.165) is 28.9 Å². The lowest BCUT2D eigenvalue weighted by molar-refractivity contribution is 0.0701. The van der Waals surface area contributed by atoms with Gasteiger partial charge in [-0.3, -0.25) is 9.36 Å². The van der Waals surface area contributed by atoms with E-state index in [4.69, 9.17) is 9.47 Å². The summed E-state index contributed by atoms with van der Waals surface area (Å²) in [6.45, 7) is 7.13. The van der Waals surface area contributed by atoms with E-state index in [0.29, 0.717) is 58.6 Å². The van der Waals surface area contributed by atoms with Crippen LogP contribution in [0.15, 0.2) is 23.0 Å². The predicted octanol–water partition coefficient (Wildman–Crippen LogP) is 4.84. The largest absolute Gasteiger partial charge is 0.493 e. The Morgan fingerprint density at radius 3 is 2.81 bits per heavy atom. The first kappa shape index (κ1) is 22.1. The van der Waals surface area contributed by atoms with E-state index in [-0.39, 0.29) is 10.4 Å². The highest BCUT2D eigenvalue weighted by Crippen LogP contribution is 2.34. The average Bonchev–Trinajstić information content (AvgIpc) is 3.30. The molecule has 0 radical (unpaired) electrons. The van der Waals surface area contributed by atoms with E-state index in [9.17, 15) is 14.7 Å². The van der Waals surface area contributed by atoms with E-state index in [1.807, 2.05) is 24.3 Å². The molecule has 0 aliphatic carbocycles. The summed E-state index contributed by atoms with van der Waals surface area (Å²) >= 11 is 1.05. The maximum Gasteiger partial charge on any atom is 0.346 e. The van der Waals surface area contributed by atoms with Gasteiger partial charge in [0.25, 0.3) is 5.56 Å². The minimum atomic E-state index is -1.03. The quantitative estimate of drug-likeness (QED) is 0.549. The smallest absolute Gasteiger partial charge is 0.346 e. The molecular weight excluding hydrogens is 428 g/mol. The van der Waals surface area contributed by atoms with Crippen molar-refractivity contribution in [3.8, 4) is 11.5 Å². The molecule has 3 aromatic rings. The van der Waals surface area contributed by atoms with Crippen LogP contribution in [0.25, 0.3) is 21.9 Å². The molecule has 1 aromatic carbocycles. The third-order valence-electron chi connectivity index (χ3n) is 5.62. The van der Waals surface area contributed by atoms with Gasteiger partial charge in [-0.05, 0) is 60.6 Å². The van der Waals surface area contributed by atoms with Crippen LogP contribution in [0.5, 0.6) is 11.5 Å². The minimum Gasteiger partial charge on any atom is -0.493 e. The zero-order chi connectivity index (χ0) is 23.0. The fraction of sp³-hybridized carbons (Fsp3) is 0.375. The summed E-state index contributed by atoms with van der Waals surface area (Å²) in [6.07, 6.45) is 3.64. The summed E-state index contributed by atoms with van der Waals surface area (Å²) in [5, 5.41) is 9.81. The van der Waals surface area contributed by atoms with E-state index in [1.54, 1.807) is 18.6 Å². The third kappa shape index (κ3) is 4.02. The number of aromatic carboxylic acids is 1. The Morgan fingerprint density at radius 2 is 2.12 bits per heavy atom. The average molecular weight is 455 g/mol. The number of carboxylic acids is 1. The van der Waals surface area contributed by atoms with Crippen molar-refractivity contribution in [2.24, 2.45) is 5.92 Å². The summed E-state index contributed by atoms with van der Waals surface area (Å²) in [5.41, 5.74) is 2.16. The van der Waals surface area contributed by atoms with Crippen LogP contribution in [0.1, 0.15) is 53.3 Å². The van der Waals surface area contributed by atoms with Gasteiger partial charge in [0.2, 0.25) is 0 Å². The number of thiophene rings is 1. The van der Waals surface area contributed by atoms with Crippen molar-refractivity contribution in [2.45, 2.75) is 40.2 Å². The Morgan fingerprint density at radius 1 is 1.34 bits per heavy atom. The topological polar surface area (TPSA) is 90.7 Å². The highest BCUT2D eigenvalue weighted by Gasteiger charge is 2.25. The number of nitrogens with zero attached hydrogens (tertiary/aromatic N) is 2. The summed E-state index contributed by atoms with van der Waals surface area (Å²) < 4.78 is 13.0. The van der Waals surface area contributed by atoms with Crippen molar-refractivity contribution in [3.05, 3.63) is 50.4 Å². The second-order valence-corrected chi connectivity index (χ2v) is 9.29. The van der Waals surface area contributed by atoms with Gasteiger partial charge in [0, 0.05) is 6.54 Å². The molecule has 0 bridgehead atoms. The molecule has 7 nitrogen and oxygen atoms in total. The molecule has 0 saturated heterocycles. The normalized spacial score (nSPS) is 14.3. The summed E-state index contributed by atoms with van der Waals surface area (Å²) in [5.74, 6) is 1.48. The molecule has 168 valence electrons. The fourth-order valence-corrected chi connectivity index (χ4v) is 4.86. The number of hydrogen-bond acceptors (Lipinski definition) is 6. The molecule has 32 heavy (non-hydrogen) atoms. The number of methoxy groups -OCH3 is 1. The van der Waals surface area contributed by atoms with Gasteiger partial charge in [-0.25, -0.2) is 9.78 Å². The zero-order valence-electron chi connectivity index (χ0n) is 18.6. The fourth-order valence-electron chi connectivity index (χ4n) is 3.85. The predicted molar refractivity (Wildman–Crippen MR) is 126 cm³/mol. The third-order valence-corrected chi connectivity index (χ3v) is 6.79. The molecule has 0 spiro atoms. The minimum absolute atomic E-state index is 0.164. The van der Waals surface area contributed by atoms with Crippen LogP contribution in [0.4, 0.5) is 0 Å². The van der Waals surface area contributed by atoms with Crippen molar-refractivity contribution in [1.82, 2.24) is 9.55 Å². The second-order valence-electron chi connectivity index (χ2n) is 8.29. The van der Waals surface area contributed by atoms with E-state index < -0.39 is 5.97 Å². The molecule has 8 heteroatoms. The monoisotopic (exact) mass is 454 g/mol. The Hall–Kier alpha value is -3.13. The van der Waals surface area contributed by atoms with Crippen LogP contribution in [-0.4, -0.2) is 34.3 Å². The number of rotatable bonds is 7. The summed E-state index contributed by atoms with van der Waals surface area (Å²) in [4.78, 5) is 29.8. The molecule has 2 aromatic heterocycles. The number of aromatic nitrogens is 2.